The number of rotatable bonds is 12. The fraction of sp³-hybridized carbons (Fsp3) is 0.483. The number of carboxylic acids is 1. The van der Waals surface area contributed by atoms with Crippen LogP contribution in [0.1, 0.15) is 62.2 Å². The van der Waals surface area contributed by atoms with Crippen LogP contribution in [0.15, 0.2) is 48.9 Å². The molecule has 0 bridgehead atoms. The predicted molar refractivity (Wildman–Crippen MR) is 144 cm³/mol. The van der Waals surface area contributed by atoms with Gasteiger partial charge in [-0.2, -0.15) is 0 Å². The summed E-state index contributed by atoms with van der Waals surface area (Å²) in [6, 6.07) is 9.44. The standard InChI is InChI=1S/C29H35ClFN3O3/c1-37-22-5-6-26-23(18-22)28(24(30)20-33-26)25(31)7-10-29(19-27(35)36)11-16-34(17-12-29)15-3-2-4-21-8-13-32-14-9-21/h5-6,8-9,13-14,18,20,25H,2-4,7,10-12,15-17,19H2,1H3,(H,35,36). The van der Waals surface area contributed by atoms with Gasteiger partial charge in [-0.25, -0.2) is 4.39 Å². The highest BCUT2D eigenvalue weighted by Gasteiger charge is 2.37. The first-order valence-electron chi connectivity index (χ1n) is 13.0. The Balaban J connectivity index is 1.35. The average Bonchev–Trinajstić information content (AvgIpc) is 2.90. The number of aromatic nitrogens is 2. The predicted octanol–water partition coefficient (Wildman–Crippen LogP) is 6.66. The average molecular weight is 528 g/mol. The number of nitrogens with zero attached hydrogens (tertiary/aromatic N) is 3. The van der Waals surface area contributed by atoms with Gasteiger partial charge in [0.05, 0.1) is 24.1 Å². The molecule has 1 saturated heterocycles. The van der Waals surface area contributed by atoms with Gasteiger partial charge in [0.25, 0.3) is 0 Å². The molecule has 0 spiro atoms. The van der Waals surface area contributed by atoms with Gasteiger partial charge in [0.2, 0.25) is 0 Å². The highest BCUT2D eigenvalue weighted by atomic mass is 35.5. The number of likely N-dealkylation sites (tertiary alicyclic amines) is 1. The van der Waals surface area contributed by atoms with E-state index in [1.807, 2.05) is 12.4 Å². The Labute approximate surface area is 222 Å². The minimum absolute atomic E-state index is 0.0637. The Morgan fingerprint density at radius 2 is 1.97 bits per heavy atom. The van der Waals surface area contributed by atoms with E-state index in [1.54, 1.807) is 25.3 Å². The van der Waals surface area contributed by atoms with Crippen molar-refractivity contribution in [2.45, 2.75) is 57.5 Å². The molecule has 1 atom stereocenters. The number of benzene rings is 1. The molecule has 4 rings (SSSR count). The summed E-state index contributed by atoms with van der Waals surface area (Å²) in [5.74, 6) is -0.209. The summed E-state index contributed by atoms with van der Waals surface area (Å²) in [6.45, 7) is 2.69. The molecular weight excluding hydrogens is 493 g/mol. The van der Waals surface area contributed by atoms with Gasteiger partial charge >= 0.3 is 5.97 Å². The van der Waals surface area contributed by atoms with E-state index in [-0.39, 0.29) is 17.9 Å². The lowest BCUT2D eigenvalue weighted by molar-refractivity contribution is -0.141. The van der Waals surface area contributed by atoms with Crippen LogP contribution in [-0.4, -0.2) is 52.7 Å². The number of carboxylic acid groups (broad SMARTS) is 1. The number of hydrogen-bond donors (Lipinski definition) is 1. The molecular formula is C29H35ClFN3O3. The normalized spacial score (nSPS) is 16.5. The maximum Gasteiger partial charge on any atom is 0.303 e. The minimum atomic E-state index is -1.32. The van der Waals surface area contributed by atoms with Gasteiger partial charge < -0.3 is 14.7 Å². The van der Waals surface area contributed by atoms with E-state index >= 15 is 4.39 Å². The molecule has 1 N–H and O–H groups in total. The summed E-state index contributed by atoms with van der Waals surface area (Å²) in [6.07, 6.45) is 9.36. The van der Waals surface area contributed by atoms with Crippen LogP contribution >= 0.6 is 11.6 Å². The number of halogens is 2. The van der Waals surface area contributed by atoms with Gasteiger partial charge in [-0.15, -0.1) is 0 Å². The second kappa shape index (κ2) is 12.7. The fourth-order valence-corrected chi connectivity index (χ4v) is 5.76. The van der Waals surface area contributed by atoms with Crippen molar-refractivity contribution in [1.82, 2.24) is 14.9 Å². The molecule has 1 aliphatic heterocycles. The highest BCUT2D eigenvalue weighted by molar-refractivity contribution is 6.32. The second-order valence-electron chi connectivity index (χ2n) is 10.1. The quantitative estimate of drug-likeness (QED) is 0.265. The van der Waals surface area contributed by atoms with Crippen LogP contribution in [0.5, 0.6) is 5.75 Å². The molecule has 3 aromatic rings. The summed E-state index contributed by atoms with van der Waals surface area (Å²) in [7, 11) is 1.56. The number of methoxy groups -OCH3 is 1. The molecule has 0 radical (unpaired) electrons. The smallest absolute Gasteiger partial charge is 0.303 e. The Morgan fingerprint density at radius 3 is 2.68 bits per heavy atom. The van der Waals surface area contributed by atoms with E-state index in [4.69, 9.17) is 16.3 Å². The fourth-order valence-electron chi connectivity index (χ4n) is 5.49. The third-order valence-electron chi connectivity index (χ3n) is 7.69. The van der Waals surface area contributed by atoms with Crippen molar-refractivity contribution in [1.29, 1.82) is 0 Å². The number of unbranched alkanes of at least 4 members (excludes halogenated alkanes) is 1. The summed E-state index contributed by atoms with van der Waals surface area (Å²) in [5, 5.41) is 10.6. The molecule has 0 saturated carbocycles. The van der Waals surface area contributed by atoms with Gasteiger partial charge in [0.15, 0.2) is 0 Å². The first-order valence-corrected chi connectivity index (χ1v) is 13.4. The molecule has 0 aliphatic carbocycles. The van der Waals surface area contributed by atoms with Crippen molar-refractivity contribution >= 4 is 28.5 Å². The topological polar surface area (TPSA) is 75.6 Å². The minimum Gasteiger partial charge on any atom is -0.497 e. The Kier molecular flexibility index (Phi) is 9.33. The lowest BCUT2D eigenvalue weighted by Crippen LogP contribution is -2.41. The maximum absolute atomic E-state index is 15.7. The van der Waals surface area contributed by atoms with Gasteiger partial charge in [-0.3, -0.25) is 14.8 Å². The molecule has 198 valence electrons. The van der Waals surface area contributed by atoms with E-state index in [0.29, 0.717) is 28.6 Å². The zero-order chi connectivity index (χ0) is 26.3. The summed E-state index contributed by atoms with van der Waals surface area (Å²) < 4.78 is 21.0. The lowest BCUT2D eigenvalue weighted by Gasteiger charge is -2.41. The van der Waals surface area contributed by atoms with Gasteiger partial charge in [-0.1, -0.05) is 11.6 Å². The van der Waals surface area contributed by atoms with E-state index in [9.17, 15) is 9.90 Å². The van der Waals surface area contributed by atoms with E-state index in [0.717, 1.165) is 51.7 Å². The molecule has 37 heavy (non-hydrogen) atoms. The van der Waals surface area contributed by atoms with Crippen LogP contribution < -0.4 is 4.74 Å². The largest absolute Gasteiger partial charge is 0.497 e. The van der Waals surface area contributed by atoms with Crippen molar-refractivity contribution in [3.8, 4) is 5.75 Å². The molecule has 1 fully saturated rings. The molecule has 0 amide bonds. The van der Waals surface area contributed by atoms with Crippen molar-refractivity contribution in [2.24, 2.45) is 5.41 Å². The van der Waals surface area contributed by atoms with Gasteiger partial charge in [-0.05, 0) is 106 Å². The van der Waals surface area contributed by atoms with Crippen molar-refractivity contribution in [2.75, 3.05) is 26.7 Å². The summed E-state index contributed by atoms with van der Waals surface area (Å²) in [5.41, 5.74) is 1.95. The lowest BCUT2D eigenvalue weighted by atomic mass is 9.71. The molecule has 8 heteroatoms. The van der Waals surface area contributed by atoms with E-state index in [2.05, 4.69) is 27.0 Å². The van der Waals surface area contributed by atoms with E-state index < -0.39 is 17.6 Å². The van der Waals surface area contributed by atoms with Crippen LogP contribution in [0.2, 0.25) is 5.02 Å². The molecule has 1 aliphatic rings. The SMILES string of the molecule is COc1ccc2ncc(Cl)c(C(F)CCC3(CC(=O)O)CCN(CCCCc4ccncc4)CC3)c2c1. The van der Waals surface area contributed by atoms with Gasteiger partial charge in [0, 0.05) is 29.5 Å². The van der Waals surface area contributed by atoms with Crippen molar-refractivity contribution < 1.29 is 19.0 Å². The number of pyridine rings is 2. The monoisotopic (exact) mass is 527 g/mol. The maximum atomic E-state index is 15.7. The molecule has 2 aromatic heterocycles. The van der Waals surface area contributed by atoms with Crippen molar-refractivity contribution in [3.05, 3.63) is 65.1 Å². The zero-order valence-electron chi connectivity index (χ0n) is 21.3. The number of alkyl halides is 1. The van der Waals surface area contributed by atoms with Crippen LogP contribution in [-0.2, 0) is 11.2 Å². The highest BCUT2D eigenvalue weighted by Crippen LogP contribution is 2.44. The summed E-state index contributed by atoms with van der Waals surface area (Å²) >= 11 is 6.41. The van der Waals surface area contributed by atoms with Crippen LogP contribution in [0.25, 0.3) is 10.9 Å². The van der Waals surface area contributed by atoms with Crippen molar-refractivity contribution in [3.63, 3.8) is 0 Å². The Hall–Kier alpha value is -2.77. The first-order chi connectivity index (χ1) is 17.9. The number of aryl methyl sites for hydroxylation is 1. The number of ether oxygens (including phenoxy) is 1. The second-order valence-corrected chi connectivity index (χ2v) is 10.5. The van der Waals surface area contributed by atoms with Crippen LogP contribution in [0, 0.1) is 5.41 Å². The third kappa shape index (κ3) is 7.17. The number of carbonyl (C=O) groups is 1. The van der Waals surface area contributed by atoms with E-state index in [1.165, 1.54) is 11.8 Å². The molecule has 3 heterocycles. The zero-order valence-corrected chi connectivity index (χ0v) is 22.1. The number of piperidine rings is 1. The number of aliphatic carboxylic acids is 1. The molecule has 1 aromatic carbocycles. The summed E-state index contributed by atoms with van der Waals surface area (Å²) in [4.78, 5) is 22.6. The van der Waals surface area contributed by atoms with Crippen LogP contribution in [0.4, 0.5) is 4.39 Å². The first kappa shape index (κ1) is 27.3. The Bertz CT molecular complexity index is 1190. The molecule has 6 nitrogen and oxygen atoms in total. The number of fused-ring (bicyclic) bond motifs is 1. The third-order valence-corrected chi connectivity index (χ3v) is 7.99. The van der Waals surface area contributed by atoms with Crippen LogP contribution in [0.3, 0.4) is 0 Å². The molecule has 1 unspecified atom stereocenters. The Morgan fingerprint density at radius 1 is 1.22 bits per heavy atom. The van der Waals surface area contributed by atoms with Gasteiger partial charge in [0.1, 0.15) is 11.9 Å². The number of hydrogen-bond acceptors (Lipinski definition) is 5.